The van der Waals surface area contributed by atoms with E-state index in [0.29, 0.717) is 13.1 Å². The summed E-state index contributed by atoms with van der Waals surface area (Å²) in [6.45, 7) is 4.58. The minimum atomic E-state index is -4.41. The van der Waals surface area contributed by atoms with Gasteiger partial charge < -0.3 is 20.0 Å². The van der Waals surface area contributed by atoms with Gasteiger partial charge in [0, 0.05) is 32.6 Å². The minimum Gasteiger partial charge on any atom is -0.333 e. The lowest BCUT2D eigenvalue weighted by atomic mass is 10.2. The SMILES string of the molecule is CCN1CCCN(C(=O)N[C@@H]2CC(=O)N(CC(F)(F)F)C2)CC1. The standard InChI is InChI=1S/C14H23F3N4O2/c1-2-19-4-3-5-20(7-6-19)13(23)18-11-8-12(22)21(9-11)10-14(15,16)17/h11H,2-10H2,1H3,(H,18,23)/t11-/m1/s1. The van der Waals surface area contributed by atoms with E-state index >= 15 is 0 Å². The van der Waals surface area contributed by atoms with Gasteiger partial charge in [0.15, 0.2) is 0 Å². The zero-order valence-electron chi connectivity index (χ0n) is 13.2. The molecule has 0 saturated carbocycles. The Labute approximate surface area is 133 Å². The topological polar surface area (TPSA) is 55.9 Å². The Morgan fingerprint density at radius 1 is 1.26 bits per heavy atom. The molecule has 1 atom stereocenters. The highest BCUT2D eigenvalue weighted by Crippen LogP contribution is 2.21. The molecule has 2 saturated heterocycles. The van der Waals surface area contributed by atoms with Crippen molar-refractivity contribution in [3.63, 3.8) is 0 Å². The predicted octanol–water partition coefficient (Wildman–Crippen LogP) is 0.887. The van der Waals surface area contributed by atoms with Crippen molar-refractivity contribution in [2.75, 3.05) is 45.8 Å². The lowest BCUT2D eigenvalue weighted by molar-refractivity contribution is -0.157. The molecule has 0 spiro atoms. The predicted molar refractivity (Wildman–Crippen MR) is 77.9 cm³/mol. The molecule has 6 nitrogen and oxygen atoms in total. The highest BCUT2D eigenvalue weighted by atomic mass is 19.4. The van der Waals surface area contributed by atoms with Crippen LogP contribution in [0.4, 0.5) is 18.0 Å². The molecule has 0 aromatic rings. The first-order valence-electron chi connectivity index (χ1n) is 7.91. The lowest BCUT2D eigenvalue weighted by Gasteiger charge is -2.24. The summed E-state index contributed by atoms with van der Waals surface area (Å²) in [5.74, 6) is -0.569. The molecule has 0 unspecified atom stereocenters. The van der Waals surface area contributed by atoms with Crippen molar-refractivity contribution in [1.82, 2.24) is 20.0 Å². The molecule has 2 aliphatic rings. The van der Waals surface area contributed by atoms with Crippen LogP contribution in [0.5, 0.6) is 0 Å². The molecule has 23 heavy (non-hydrogen) atoms. The molecule has 2 rings (SSSR count). The fraction of sp³-hybridized carbons (Fsp3) is 0.857. The van der Waals surface area contributed by atoms with Gasteiger partial charge in [-0.1, -0.05) is 6.92 Å². The van der Waals surface area contributed by atoms with Crippen LogP contribution in [-0.4, -0.2) is 84.7 Å². The zero-order valence-corrected chi connectivity index (χ0v) is 13.2. The van der Waals surface area contributed by atoms with Crippen LogP contribution in [0, 0.1) is 0 Å². The first-order chi connectivity index (χ1) is 10.8. The smallest absolute Gasteiger partial charge is 0.333 e. The average Bonchev–Trinajstić information content (AvgIpc) is 2.66. The Hall–Kier alpha value is -1.51. The number of carbonyl (C=O) groups is 2. The monoisotopic (exact) mass is 336 g/mol. The van der Waals surface area contributed by atoms with Crippen molar-refractivity contribution < 1.29 is 22.8 Å². The number of hydrogen-bond acceptors (Lipinski definition) is 3. The number of likely N-dealkylation sites (tertiary alicyclic amines) is 1. The third-order valence-corrected chi connectivity index (χ3v) is 4.24. The third kappa shape index (κ3) is 5.26. The van der Waals surface area contributed by atoms with Crippen LogP contribution in [0.3, 0.4) is 0 Å². The number of alkyl halides is 3. The summed E-state index contributed by atoms with van der Waals surface area (Å²) >= 11 is 0. The second-order valence-electron chi connectivity index (χ2n) is 6.01. The summed E-state index contributed by atoms with van der Waals surface area (Å²) < 4.78 is 37.1. The largest absolute Gasteiger partial charge is 0.406 e. The Morgan fingerprint density at radius 3 is 2.65 bits per heavy atom. The van der Waals surface area contributed by atoms with Crippen molar-refractivity contribution >= 4 is 11.9 Å². The first-order valence-corrected chi connectivity index (χ1v) is 7.91. The van der Waals surface area contributed by atoms with Crippen LogP contribution in [0.25, 0.3) is 0 Å². The summed E-state index contributed by atoms with van der Waals surface area (Å²) in [5.41, 5.74) is 0. The number of urea groups is 1. The molecule has 3 amide bonds. The van der Waals surface area contributed by atoms with Crippen LogP contribution >= 0.6 is 0 Å². The number of carbonyl (C=O) groups excluding carboxylic acids is 2. The van der Waals surface area contributed by atoms with Gasteiger partial charge in [-0.2, -0.15) is 13.2 Å². The van der Waals surface area contributed by atoms with Crippen LogP contribution in [-0.2, 0) is 4.79 Å². The van der Waals surface area contributed by atoms with E-state index in [1.165, 1.54) is 0 Å². The number of hydrogen-bond donors (Lipinski definition) is 1. The molecule has 0 aromatic carbocycles. The number of halogens is 3. The molecule has 0 aliphatic carbocycles. The van der Waals surface area contributed by atoms with Gasteiger partial charge in [-0.05, 0) is 19.5 Å². The molecule has 0 aromatic heterocycles. The van der Waals surface area contributed by atoms with E-state index in [4.69, 9.17) is 0 Å². The fourth-order valence-electron chi connectivity index (χ4n) is 2.99. The molecule has 2 aliphatic heterocycles. The van der Waals surface area contributed by atoms with Gasteiger partial charge in [0.2, 0.25) is 5.91 Å². The van der Waals surface area contributed by atoms with Crippen molar-refractivity contribution in [1.29, 1.82) is 0 Å². The van der Waals surface area contributed by atoms with Crippen LogP contribution in [0.2, 0.25) is 0 Å². The second kappa shape index (κ2) is 7.37. The first kappa shape index (κ1) is 17.8. The van der Waals surface area contributed by atoms with E-state index < -0.39 is 24.7 Å². The van der Waals surface area contributed by atoms with E-state index in [2.05, 4.69) is 17.1 Å². The molecule has 9 heteroatoms. The maximum absolute atomic E-state index is 12.4. The van der Waals surface area contributed by atoms with E-state index in [0.717, 1.165) is 31.0 Å². The van der Waals surface area contributed by atoms with E-state index in [-0.39, 0.29) is 19.0 Å². The Morgan fingerprint density at radius 2 is 2.00 bits per heavy atom. The molecule has 2 heterocycles. The Bertz CT molecular complexity index is 444. The fourth-order valence-corrected chi connectivity index (χ4v) is 2.99. The van der Waals surface area contributed by atoms with Crippen molar-refractivity contribution in [2.45, 2.75) is 32.0 Å². The quantitative estimate of drug-likeness (QED) is 0.833. The van der Waals surface area contributed by atoms with Crippen LogP contribution in [0.1, 0.15) is 19.8 Å². The van der Waals surface area contributed by atoms with E-state index in [9.17, 15) is 22.8 Å². The van der Waals surface area contributed by atoms with Gasteiger partial charge in [-0.25, -0.2) is 4.79 Å². The van der Waals surface area contributed by atoms with Crippen LogP contribution in [0.15, 0.2) is 0 Å². The van der Waals surface area contributed by atoms with Gasteiger partial charge in [-0.3, -0.25) is 4.79 Å². The van der Waals surface area contributed by atoms with Gasteiger partial charge in [-0.15, -0.1) is 0 Å². The highest BCUT2D eigenvalue weighted by Gasteiger charge is 2.39. The van der Waals surface area contributed by atoms with E-state index in [1.54, 1.807) is 4.90 Å². The van der Waals surface area contributed by atoms with Crippen molar-refractivity contribution in [2.24, 2.45) is 0 Å². The Balaban J connectivity index is 1.83. The minimum absolute atomic E-state index is 0.0727. The van der Waals surface area contributed by atoms with Gasteiger partial charge in [0.25, 0.3) is 0 Å². The maximum atomic E-state index is 12.4. The molecule has 2 fully saturated rings. The zero-order chi connectivity index (χ0) is 17.0. The van der Waals surface area contributed by atoms with Gasteiger partial charge in [0.1, 0.15) is 6.54 Å². The van der Waals surface area contributed by atoms with Gasteiger partial charge in [0.05, 0.1) is 6.04 Å². The molecule has 0 bridgehead atoms. The molecule has 0 radical (unpaired) electrons. The molecule has 132 valence electrons. The summed E-state index contributed by atoms with van der Waals surface area (Å²) in [5, 5.41) is 2.69. The number of nitrogens with zero attached hydrogens (tertiary/aromatic N) is 3. The van der Waals surface area contributed by atoms with E-state index in [1.807, 2.05) is 0 Å². The summed E-state index contributed by atoms with van der Waals surface area (Å²) in [7, 11) is 0. The number of rotatable bonds is 3. The lowest BCUT2D eigenvalue weighted by Crippen LogP contribution is -2.47. The third-order valence-electron chi connectivity index (χ3n) is 4.24. The second-order valence-corrected chi connectivity index (χ2v) is 6.01. The summed E-state index contributed by atoms with van der Waals surface area (Å²) in [4.78, 5) is 28.5. The Kier molecular flexibility index (Phi) is 5.72. The molecular formula is C14H23F3N4O2. The highest BCUT2D eigenvalue weighted by molar-refractivity contribution is 5.81. The maximum Gasteiger partial charge on any atom is 0.406 e. The van der Waals surface area contributed by atoms with Gasteiger partial charge >= 0.3 is 12.2 Å². The van der Waals surface area contributed by atoms with Crippen LogP contribution < -0.4 is 5.32 Å². The number of amides is 3. The number of nitrogens with one attached hydrogen (secondary N) is 1. The van der Waals surface area contributed by atoms with Crippen molar-refractivity contribution in [3.05, 3.63) is 0 Å². The summed E-state index contributed by atoms with van der Waals surface area (Å²) in [6.07, 6.45) is -3.62. The normalized spacial score (nSPS) is 24.0. The average molecular weight is 336 g/mol. The number of likely N-dealkylation sites (N-methyl/N-ethyl adjacent to an activating group) is 1. The summed E-state index contributed by atoms with van der Waals surface area (Å²) in [6, 6.07) is -0.850. The molecule has 1 N–H and O–H groups in total. The molecular weight excluding hydrogens is 313 g/mol. The van der Waals surface area contributed by atoms with Crippen molar-refractivity contribution in [3.8, 4) is 0 Å².